The Kier molecular flexibility index (Phi) is 3.77. The number of furan rings is 1. The zero-order valence-electron chi connectivity index (χ0n) is 9.40. The molecular formula is C11H13N3O2S. The number of carbonyl (C=O) groups is 1. The number of amides is 2. The number of thiazole rings is 1. The molecule has 0 aliphatic rings. The van der Waals surface area contributed by atoms with Crippen LogP contribution in [0.3, 0.4) is 0 Å². The predicted molar refractivity (Wildman–Crippen MR) is 64.6 cm³/mol. The average molecular weight is 251 g/mol. The number of hydrogen-bond donors (Lipinski definition) is 2. The van der Waals surface area contributed by atoms with Crippen molar-refractivity contribution >= 4 is 17.4 Å². The van der Waals surface area contributed by atoms with E-state index in [1.165, 1.54) is 0 Å². The maximum Gasteiger partial charge on any atom is 0.315 e. The van der Waals surface area contributed by atoms with E-state index in [9.17, 15) is 4.79 Å². The van der Waals surface area contributed by atoms with Crippen LogP contribution in [0, 0.1) is 6.92 Å². The molecule has 2 N–H and O–H groups in total. The molecule has 0 atom stereocenters. The lowest BCUT2D eigenvalue weighted by atomic mass is 10.4. The highest BCUT2D eigenvalue weighted by molar-refractivity contribution is 7.11. The molecule has 2 rings (SSSR count). The molecule has 0 radical (unpaired) electrons. The van der Waals surface area contributed by atoms with Gasteiger partial charge in [-0.15, -0.1) is 11.3 Å². The third kappa shape index (κ3) is 3.60. The highest BCUT2D eigenvalue weighted by Gasteiger charge is 2.03. The smallest absolute Gasteiger partial charge is 0.315 e. The van der Waals surface area contributed by atoms with Gasteiger partial charge in [0.2, 0.25) is 0 Å². The molecule has 0 spiro atoms. The summed E-state index contributed by atoms with van der Waals surface area (Å²) < 4.78 is 5.10. The van der Waals surface area contributed by atoms with Crippen molar-refractivity contribution in [3.8, 4) is 0 Å². The van der Waals surface area contributed by atoms with Gasteiger partial charge in [0.25, 0.3) is 0 Å². The van der Waals surface area contributed by atoms with Crippen LogP contribution in [0.1, 0.15) is 15.6 Å². The zero-order chi connectivity index (χ0) is 12.1. The first-order chi connectivity index (χ1) is 8.24. The van der Waals surface area contributed by atoms with Crippen molar-refractivity contribution < 1.29 is 9.21 Å². The minimum Gasteiger partial charge on any atom is -0.467 e. The van der Waals surface area contributed by atoms with Gasteiger partial charge in [0, 0.05) is 11.1 Å². The van der Waals surface area contributed by atoms with E-state index >= 15 is 0 Å². The van der Waals surface area contributed by atoms with Crippen molar-refractivity contribution in [2.24, 2.45) is 0 Å². The second-order valence-electron chi connectivity index (χ2n) is 3.46. The Bertz CT molecular complexity index is 479. The lowest BCUT2D eigenvalue weighted by molar-refractivity contribution is 0.239. The van der Waals surface area contributed by atoms with Gasteiger partial charge >= 0.3 is 6.03 Å². The normalized spacial score (nSPS) is 10.2. The Hall–Kier alpha value is -1.82. The molecule has 0 saturated heterocycles. The van der Waals surface area contributed by atoms with Gasteiger partial charge in [0.1, 0.15) is 5.76 Å². The van der Waals surface area contributed by atoms with E-state index in [1.54, 1.807) is 29.9 Å². The van der Waals surface area contributed by atoms with E-state index in [0.29, 0.717) is 13.1 Å². The van der Waals surface area contributed by atoms with Crippen molar-refractivity contribution in [3.63, 3.8) is 0 Å². The van der Waals surface area contributed by atoms with E-state index in [2.05, 4.69) is 15.6 Å². The van der Waals surface area contributed by atoms with Crippen molar-refractivity contribution in [2.45, 2.75) is 20.0 Å². The Morgan fingerprint density at radius 1 is 1.47 bits per heavy atom. The molecule has 2 amide bonds. The van der Waals surface area contributed by atoms with E-state index in [4.69, 9.17) is 4.42 Å². The molecule has 0 saturated carbocycles. The molecular weight excluding hydrogens is 238 g/mol. The van der Waals surface area contributed by atoms with E-state index in [-0.39, 0.29) is 6.03 Å². The monoisotopic (exact) mass is 251 g/mol. The first-order valence-corrected chi connectivity index (χ1v) is 6.01. The van der Waals surface area contributed by atoms with E-state index < -0.39 is 0 Å². The summed E-state index contributed by atoms with van der Waals surface area (Å²) in [5, 5.41) is 6.45. The van der Waals surface area contributed by atoms with Crippen molar-refractivity contribution in [2.75, 3.05) is 0 Å². The number of nitrogens with one attached hydrogen (secondary N) is 2. The quantitative estimate of drug-likeness (QED) is 0.873. The second-order valence-corrected chi connectivity index (χ2v) is 4.78. The number of carbonyl (C=O) groups excluding carboxylic acids is 1. The molecule has 0 aliphatic carbocycles. The molecule has 17 heavy (non-hydrogen) atoms. The topological polar surface area (TPSA) is 67.2 Å². The molecule has 6 heteroatoms. The SMILES string of the molecule is Cc1ncc(CNC(=O)NCc2ccco2)s1. The van der Waals surface area contributed by atoms with Crippen LogP contribution >= 0.6 is 11.3 Å². The maximum absolute atomic E-state index is 11.4. The van der Waals surface area contributed by atoms with Crippen molar-refractivity contribution in [1.29, 1.82) is 0 Å². The fourth-order valence-corrected chi connectivity index (χ4v) is 2.03. The Morgan fingerprint density at radius 2 is 2.29 bits per heavy atom. The fraction of sp³-hybridized carbons (Fsp3) is 0.273. The molecule has 0 unspecified atom stereocenters. The van der Waals surface area contributed by atoms with Gasteiger partial charge in [-0.1, -0.05) is 0 Å². The minimum atomic E-state index is -0.215. The molecule has 2 aromatic heterocycles. The number of nitrogens with zero attached hydrogens (tertiary/aromatic N) is 1. The van der Waals surface area contributed by atoms with Crippen LogP contribution < -0.4 is 10.6 Å². The summed E-state index contributed by atoms with van der Waals surface area (Å²) >= 11 is 1.57. The molecule has 5 nitrogen and oxygen atoms in total. The third-order valence-electron chi connectivity index (χ3n) is 2.10. The third-order valence-corrected chi connectivity index (χ3v) is 3.01. The first-order valence-electron chi connectivity index (χ1n) is 5.19. The number of urea groups is 1. The molecule has 0 aliphatic heterocycles. The molecule has 2 heterocycles. The van der Waals surface area contributed by atoms with Gasteiger partial charge in [0.15, 0.2) is 0 Å². The zero-order valence-corrected chi connectivity index (χ0v) is 10.2. The molecule has 90 valence electrons. The predicted octanol–water partition coefficient (Wildman–Crippen LogP) is 2.04. The summed E-state index contributed by atoms with van der Waals surface area (Å²) in [4.78, 5) is 16.6. The van der Waals surface area contributed by atoms with Gasteiger partial charge in [0.05, 0.1) is 24.4 Å². The van der Waals surface area contributed by atoms with Crippen LogP contribution in [-0.2, 0) is 13.1 Å². The summed E-state index contributed by atoms with van der Waals surface area (Å²) in [5.74, 6) is 0.730. The van der Waals surface area contributed by atoms with Crippen LogP contribution in [-0.4, -0.2) is 11.0 Å². The fourth-order valence-electron chi connectivity index (χ4n) is 1.30. The van der Waals surface area contributed by atoms with Gasteiger partial charge in [-0.25, -0.2) is 9.78 Å². The number of rotatable bonds is 4. The summed E-state index contributed by atoms with van der Waals surface area (Å²) in [6.45, 7) is 2.82. The summed E-state index contributed by atoms with van der Waals surface area (Å²) in [7, 11) is 0. The lowest BCUT2D eigenvalue weighted by Crippen LogP contribution is -2.34. The Labute approximate surface area is 103 Å². The number of aromatic nitrogens is 1. The highest BCUT2D eigenvalue weighted by atomic mass is 32.1. The second kappa shape index (κ2) is 5.49. The van der Waals surface area contributed by atoms with E-state index in [1.807, 2.05) is 13.0 Å². The standard InChI is InChI=1S/C11H13N3O2S/c1-8-12-6-10(17-8)7-14-11(15)13-5-9-3-2-4-16-9/h2-4,6H,5,7H2,1H3,(H2,13,14,15). The summed E-state index contributed by atoms with van der Waals surface area (Å²) in [6, 6.07) is 3.38. The van der Waals surface area contributed by atoms with Gasteiger partial charge in [-0.3, -0.25) is 0 Å². The van der Waals surface area contributed by atoms with Crippen molar-refractivity contribution in [3.05, 3.63) is 40.2 Å². The Morgan fingerprint density at radius 3 is 2.94 bits per heavy atom. The number of hydrogen-bond acceptors (Lipinski definition) is 4. The van der Waals surface area contributed by atoms with Crippen molar-refractivity contribution in [1.82, 2.24) is 15.6 Å². The molecule has 0 aromatic carbocycles. The minimum absolute atomic E-state index is 0.215. The average Bonchev–Trinajstić information content (AvgIpc) is 2.95. The van der Waals surface area contributed by atoms with Gasteiger partial charge in [-0.05, 0) is 19.1 Å². The largest absolute Gasteiger partial charge is 0.467 e. The summed E-state index contributed by atoms with van der Waals surface area (Å²) in [5.41, 5.74) is 0. The van der Waals surface area contributed by atoms with E-state index in [0.717, 1.165) is 15.6 Å². The summed E-state index contributed by atoms with van der Waals surface area (Å²) in [6.07, 6.45) is 3.35. The number of aryl methyl sites for hydroxylation is 1. The maximum atomic E-state index is 11.4. The highest BCUT2D eigenvalue weighted by Crippen LogP contribution is 2.10. The molecule has 2 aromatic rings. The molecule has 0 fully saturated rings. The van der Waals surface area contributed by atoms with Crippen LogP contribution in [0.15, 0.2) is 29.0 Å². The van der Waals surface area contributed by atoms with Gasteiger partial charge < -0.3 is 15.1 Å². The van der Waals surface area contributed by atoms with Crippen LogP contribution in [0.2, 0.25) is 0 Å². The van der Waals surface area contributed by atoms with Gasteiger partial charge in [-0.2, -0.15) is 0 Å². The Balaban J connectivity index is 1.71. The van der Waals surface area contributed by atoms with Crippen LogP contribution in [0.5, 0.6) is 0 Å². The molecule has 0 bridgehead atoms. The lowest BCUT2D eigenvalue weighted by Gasteiger charge is -2.04. The first kappa shape index (κ1) is 11.7. The van der Waals surface area contributed by atoms with Crippen LogP contribution in [0.25, 0.3) is 0 Å². The van der Waals surface area contributed by atoms with Crippen LogP contribution in [0.4, 0.5) is 4.79 Å².